The molecule has 1 aromatic heterocycles. The van der Waals surface area contributed by atoms with Crippen LogP contribution in [0.4, 0.5) is 4.79 Å². The first-order valence-corrected chi connectivity index (χ1v) is 9.45. The summed E-state index contributed by atoms with van der Waals surface area (Å²) in [5.74, 6) is 1.83. The Morgan fingerprint density at radius 1 is 1.15 bits per heavy atom. The van der Waals surface area contributed by atoms with Gasteiger partial charge in [-0.15, -0.1) is 0 Å². The van der Waals surface area contributed by atoms with Gasteiger partial charge in [0.1, 0.15) is 16.9 Å². The summed E-state index contributed by atoms with van der Waals surface area (Å²) in [5, 5.41) is 4.00. The van der Waals surface area contributed by atoms with Gasteiger partial charge >= 0.3 is 6.09 Å². The maximum atomic E-state index is 11.8. The number of alkyl carbamates (subject to hydrolysis) is 1. The number of hydrogen-bond acceptors (Lipinski definition) is 3. The molecule has 1 saturated carbocycles. The first kappa shape index (κ1) is 17.7. The number of carbonyl (C=O) groups excluding carboxylic acids is 1. The summed E-state index contributed by atoms with van der Waals surface area (Å²) in [5.41, 5.74) is 2.83. The van der Waals surface area contributed by atoms with Crippen molar-refractivity contribution >= 4 is 17.1 Å². The molecule has 27 heavy (non-hydrogen) atoms. The van der Waals surface area contributed by atoms with Crippen LogP contribution in [0, 0.1) is 5.92 Å². The summed E-state index contributed by atoms with van der Waals surface area (Å²) in [6.07, 6.45) is 0.739. The third-order valence-electron chi connectivity index (χ3n) is 4.85. The van der Waals surface area contributed by atoms with E-state index in [9.17, 15) is 4.79 Å². The molecule has 3 aromatic rings. The Hall–Kier alpha value is -2.75. The molecule has 140 valence electrons. The van der Waals surface area contributed by atoms with E-state index in [1.807, 2.05) is 39.0 Å². The van der Waals surface area contributed by atoms with Crippen LogP contribution in [0.25, 0.3) is 22.3 Å². The van der Waals surface area contributed by atoms with Gasteiger partial charge in [-0.1, -0.05) is 36.4 Å². The van der Waals surface area contributed by atoms with Gasteiger partial charge in [0.15, 0.2) is 0 Å². The van der Waals surface area contributed by atoms with Crippen molar-refractivity contribution in [3.8, 4) is 11.3 Å². The average molecular weight is 363 g/mol. The minimum atomic E-state index is -0.464. The summed E-state index contributed by atoms with van der Waals surface area (Å²) >= 11 is 0. The minimum absolute atomic E-state index is 0.343. The highest BCUT2D eigenvalue weighted by Gasteiger charge is 2.38. The lowest BCUT2D eigenvalue weighted by atomic mass is 10.0. The SMILES string of the molecule is CC(C)(C)OC(=O)NC[C@@H]1C[C@H]1c1cccc(-c2cc3ccccc3o2)c1. The minimum Gasteiger partial charge on any atom is -0.456 e. The van der Waals surface area contributed by atoms with E-state index in [1.165, 1.54) is 5.56 Å². The van der Waals surface area contributed by atoms with Gasteiger partial charge in [-0.05, 0) is 62.8 Å². The molecule has 1 N–H and O–H groups in total. The smallest absolute Gasteiger partial charge is 0.407 e. The fraction of sp³-hybridized carbons (Fsp3) is 0.348. The molecular formula is C23H25NO3. The summed E-state index contributed by atoms with van der Waals surface area (Å²) in [7, 11) is 0. The van der Waals surface area contributed by atoms with E-state index in [1.54, 1.807) is 0 Å². The maximum Gasteiger partial charge on any atom is 0.407 e. The number of benzene rings is 2. The average Bonchev–Trinajstić information content (AvgIpc) is 3.27. The number of carbonyl (C=O) groups is 1. The van der Waals surface area contributed by atoms with Gasteiger partial charge in [0.2, 0.25) is 0 Å². The predicted octanol–water partition coefficient (Wildman–Crippen LogP) is 5.73. The Labute approximate surface area is 159 Å². The van der Waals surface area contributed by atoms with E-state index in [0.717, 1.165) is 28.7 Å². The summed E-state index contributed by atoms with van der Waals surface area (Å²) in [6.45, 7) is 6.26. The van der Waals surface area contributed by atoms with Crippen LogP contribution in [0.5, 0.6) is 0 Å². The summed E-state index contributed by atoms with van der Waals surface area (Å²) < 4.78 is 11.3. The van der Waals surface area contributed by atoms with Gasteiger partial charge in [-0.3, -0.25) is 0 Å². The Morgan fingerprint density at radius 2 is 1.96 bits per heavy atom. The van der Waals surface area contributed by atoms with E-state index in [-0.39, 0.29) is 6.09 Å². The van der Waals surface area contributed by atoms with Crippen molar-refractivity contribution in [1.82, 2.24) is 5.32 Å². The Kier molecular flexibility index (Phi) is 4.42. The van der Waals surface area contributed by atoms with E-state index in [2.05, 4.69) is 41.7 Å². The molecule has 0 saturated heterocycles. The van der Waals surface area contributed by atoms with Crippen molar-refractivity contribution in [2.75, 3.05) is 6.54 Å². The Balaban J connectivity index is 1.41. The first-order chi connectivity index (χ1) is 12.9. The van der Waals surface area contributed by atoms with Crippen LogP contribution >= 0.6 is 0 Å². The first-order valence-electron chi connectivity index (χ1n) is 9.45. The lowest BCUT2D eigenvalue weighted by Gasteiger charge is -2.19. The normalized spacial score (nSPS) is 19.1. The molecule has 4 nitrogen and oxygen atoms in total. The zero-order chi connectivity index (χ0) is 19.0. The van der Waals surface area contributed by atoms with Crippen LogP contribution in [0.3, 0.4) is 0 Å². The zero-order valence-corrected chi connectivity index (χ0v) is 16.0. The van der Waals surface area contributed by atoms with Crippen molar-refractivity contribution in [2.24, 2.45) is 5.92 Å². The Bertz CT molecular complexity index is 934. The van der Waals surface area contributed by atoms with Crippen molar-refractivity contribution < 1.29 is 13.9 Å². The predicted molar refractivity (Wildman–Crippen MR) is 107 cm³/mol. The third-order valence-corrected chi connectivity index (χ3v) is 4.85. The molecule has 1 aliphatic rings. The fourth-order valence-corrected chi connectivity index (χ4v) is 3.46. The molecule has 2 aromatic carbocycles. The topological polar surface area (TPSA) is 51.5 Å². The van der Waals surface area contributed by atoms with Crippen molar-refractivity contribution in [1.29, 1.82) is 0 Å². The Morgan fingerprint density at radius 3 is 2.74 bits per heavy atom. The number of nitrogens with one attached hydrogen (secondary N) is 1. The maximum absolute atomic E-state index is 11.8. The molecule has 1 amide bonds. The molecule has 1 heterocycles. The van der Waals surface area contributed by atoms with Gasteiger partial charge < -0.3 is 14.5 Å². The highest BCUT2D eigenvalue weighted by molar-refractivity contribution is 5.82. The molecule has 0 radical (unpaired) electrons. The largest absolute Gasteiger partial charge is 0.456 e. The number of amides is 1. The van der Waals surface area contributed by atoms with E-state index in [0.29, 0.717) is 18.4 Å². The molecule has 4 rings (SSSR count). The van der Waals surface area contributed by atoms with Crippen LogP contribution in [-0.2, 0) is 4.74 Å². The van der Waals surface area contributed by atoms with Crippen molar-refractivity contribution in [2.45, 2.75) is 38.7 Å². The van der Waals surface area contributed by atoms with Crippen LogP contribution in [0.2, 0.25) is 0 Å². The number of rotatable bonds is 4. The second-order valence-corrected chi connectivity index (χ2v) is 8.26. The molecule has 0 bridgehead atoms. The zero-order valence-electron chi connectivity index (χ0n) is 16.0. The lowest BCUT2D eigenvalue weighted by Crippen LogP contribution is -2.33. The van der Waals surface area contributed by atoms with Crippen LogP contribution < -0.4 is 5.32 Å². The fourth-order valence-electron chi connectivity index (χ4n) is 3.46. The number of ether oxygens (including phenoxy) is 1. The molecule has 1 fully saturated rings. The highest BCUT2D eigenvalue weighted by Crippen LogP contribution is 2.47. The number of furan rings is 1. The van der Waals surface area contributed by atoms with E-state index < -0.39 is 5.60 Å². The van der Waals surface area contributed by atoms with Gasteiger partial charge in [-0.2, -0.15) is 0 Å². The van der Waals surface area contributed by atoms with Crippen molar-refractivity contribution in [3.05, 3.63) is 60.2 Å². The second-order valence-electron chi connectivity index (χ2n) is 8.26. The molecule has 2 atom stereocenters. The number of fused-ring (bicyclic) bond motifs is 1. The number of para-hydroxylation sites is 1. The molecular weight excluding hydrogens is 338 g/mol. The second kappa shape index (κ2) is 6.76. The molecule has 1 aliphatic carbocycles. The monoisotopic (exact) mass is 363 g/mol. The summed E-state index contributed by atoms with van der Waals surface area (Å²) in [4.78, 5) is 11.8. The standard InChI is InChI=1S/C23H25NO3/c1-23(2,3)27-22(25)24-14-18-12-19(18)15-8-6-9-16(11-15)21-13-17-7-4-5-10-20(17)26-21/h4-11,13,18-19H,12,14H2,1-3H3,(H,24,25)/t18-,19-/m0/s1. The van der Waals surface area contributed by atoms with Gasteiger partial charge in [0, 0.05) is 17.5 Å². The molecule has 4 heteroatoms. The van der Waals surface area contributed by atoms with Crippen LogP contribution in [0.1, 0.15) is 38.7 Å². The van der Waals surface area contributed by atoms with Crippen molar-refractivity contribution in [3.63, 3.8) is 0 Å². The molecule has 0 unspecified atom stereocenters. The van der Waals surface area contributed by atoms with E-state index >= 15 is 0 Å². The van der Waals surface area contributed by atoms with Gasteiger partial charge in [-0.25, -0.2) is 4.79 Å². The molecule has 0 aliphatic heterocycles. The lowest BCUT2D eigenvalue weighted by molar-refractivity contribution is 0.0525. The van der Waals surface area contributed by atoms with Gasteiger partial charge in [0.25, 0.3) is 0 Å². The van der Waals surface area contributed by atoms with Crippen LogP contribution in [0.15, 0.2) is 59.0 Å². The van der Waals surface area contributed by atoms with Crippen LogP contribution in [-0.4, -0.2) is 18.2 Å². The quantitative estimate of drug-likeness (QED) is 0.644. The van der Waals surface area contributed by atoms with E-state index in [4.69, 9.17) is 9.15 Å². The molecule has 0 spiro atoms. The number of hydrogen-bond donors (Lipinski definition) is 1. The summed E-state index contributed by atoms with van der Waals surface area (Å²) in [6, 6.07) is 18.7. The van der Waals surface area contributed by atoms with Gasteiger partial charge in [0.05, 0.1) is 0 Å². The third kappa shape index (κ3) is 4.16. The highest BCUT2D eigenvalue weighted by atomic mass is 16.6.